The number of nitrogens with one attached hydrogen (secondary N) is 1. The summed E-state index contributed by atoms with van der Waals surface area (Å²) in [6, 6.07) is 3.72. The number of anilines is 2. The summed E-state index contributed by atoms with van der Waals surface area (Å²) >= 11 is 0. The molecule has 2 rings (SSSR count). The smallest absolute Gasteiger partial charge is 0.243 e. The molecule has 0 fully saturated rings. The quantitative estimate of drug-likeness (QED) is 0.905. The second-order valence-corrected chi connectivity index (χ2v) is 5.05. The fourth-order valence-electron chi connectivity index (χ4n) is 2.28. The Morgan fingerprint density at radius 1 is 1.26 bits per heavy atom. The lowest BCUT2D eigenvalue weighted by atomic mass is 10.1. The summed E-state index contributed by atoms with van der Waals surface area (Å²) in [7, 11) is 3.19. The van der Waals surface area contributed by atoms with Gasteiger partial charge in [-0.3, -0.25) is 4.79 Å². The van der Waals surface area contributed by atoms with Crippen molar-refractivity contribution in [2.45, 2.75) is 13.8 Å². The normalized spacial score (nSPS) is 14.2. The highest BCUT2D eigenvalue weighted by Gasteiger charge is 2.24. The summed E-state index contributed by atoms with van der Waals surface area (Å²) in [4.78, 5) is 13.8. The van der Waals surface area contributed by atoms with Crippen molar-refractivity contribution in [3.8, 4) is 11.5 Å². The van der Waals surface area contributed by atoms with Crippen molar-refractivity contribution in [2.75, 3.05) is 37.5 Å². The lowest BCUT2D eigenvalue weighted by Crippen LogP contribution is -2.40. The van der Waals surface area contributed by atoms with Crippen molar-refractivity contribution in [3.63, 3.8) is 0 Å². The van der Waals surface area contributed by atoms with E-state index in [2.05, 4.69) is 24.1 Å². The second-order valence-electron chi connectivity index (χ2n) is 5.05. The van der Waals surface area contributed by atoms with E-state index in [-0.39, 0.29) is 5.91 Å². The van der Waals surface area contributed by atoms with Gasteiger partial charge in [0.1, 0.15) is 0 Å². The average Bonchev–Trinajstić information content (AvgIpc) is 2.36. The van der Waals surface area contributed by atoms with Crippen LogP contribution in [-0.2, 0) is 4.79 Å². The standard InChI is InChI=1S/C14H20N2O3/c1-9(2)7-16-8-14(17)15-10-5-12(18-3)13(19-4)6-11(10)16/h5-6,9H,7-8H2,1-4H3,(H,15,17). The van der Waals surface area contributed by atoms with Crippen molar-refractivity contribution < 1.29 is 14.3 Å². The van der Waals surface area contributed by atoms with Gasteiger partial charge in [0.2, 0.25) is 5.91 Å². The minimum atomic E-state index is 0.000342. The van der Waals surface area contributed by atoms with Crippen LogP contribution in [0.2, 0.25) is 0 Å². The Morgan fingerprint density at radius 3 is 2.47 bits per heavy atom. The summed E-state index contributed by atoms with van der Waals surface area (Å²) in [6.45, 7) is 5.47. The Morgan fingerprint density at radius 2 is 1.89 bits per heavy atom. The highest BCUT2D eigenvalue weighted by atomic mass is 16.5. The summed E-state index contributed by atoms with van der Waals surface area (Å²) in [5.74, 6) is 1.77. The molecule has 5 heteroatoms. The number of carbonyl (C=O) groups excluding carboxylic acids is 1. The number of benzene rings is 1. The predicted octanol–water partition coefficient (Wildman–Crippen LogP) is 2.12. The van der Waals surface area contributed by atoms with E-state index in [9.17, 15) is 4.79 Å². The van der Waals surface area contributed by atoms with Gasteiger partial charge in [-0.25, -0.2) is 0 Å². The minimum Gasteiger partial charge on any atom is -0.493 e. The van der Waals surface area contributed by atoms with Gasteiger partial charge in [-0.2, -0.15) is 0 Å². The molecule has 0 aliphatic carbocycles. The van der Waals surface area contributed by atoms with Gasteiger partial charge in [0, 0.05) is 18.7 Å². The largest absolute Gasteiger partial charge is 0.493 e. The molecule has 0 saturated heterocycles. The number of nitrogens with zero attached hydrogens (tertiary/aromatic N) is 1. The first kappa shape index (κ1) is 13.5. The minimum absolute atomic E-state index is 0.000342. The molecule has 1 aromatic carbocycles. The maximum absolute atomic E-state index is 11.7. The second kappa shape index (κ2) is 5.38. The van der Waals surface area contributed by atoms with Crippen LogP contribution in [0.1, 0.15) is 13.8 Å². The van der Waals surface area contributed by atoms with Crippen molar-refractivity contribution in [1.29, 1.82) is 0 Å². The Labute approximate surface area is 113 Å². The van der Waals surface area contributed by atoms with Crippen LogP contribution >= 0.6 is 0 Å². The molecule has 19 heavy (non-hydrogen) atoms. The molecule has 0 bridgehead atoms. The van der Waals surface area contributed by atoms with Gasteiger partial charge in [-0.05, 0) is 5.92 Å². The van der Waals surface area contributed by atoms with Gasteiger partial charge in [0.15, 0.2) is 11.5 Å². The molecular formula is C14H20N2O3. The molecule has 1 aliphatic rings. The first-order valence-electron chi connectivity index (χ1n) is 6.36. The Balaban J connectivity index is 2.44. The van der Waals surface area contributed by atoms with E-state index in [0.717, 1.165) is 17.9 Å². The third-order valence-corrected chi connectivity index (χ3v) is 3.04. The van der Waals surface area contributed by atoms with E-state index in [1.807, 2.05) is 6.07 Å². The molecule has 0 spiro atoms. The van der Waals surface area contributed by atoms with Crippen molar-refractivity contribution >= 4 is 17.3 Å². The molecule has 0 saturated carbocycles. The zero-order valence-electron chi connectivity index (χ0n) is 11.8. The molecule has 1 aliphatic heterocycles. The third-order valence-electron chi connectivity index (χ3n) is 3.04. The summed E-state index contributed by atoms with van der Waals surface area (Å²) in [5, 5.41) is 2.87. The van der Waals surface area contributed by atoms with Gasteiger partial charge in [0.25, 0.3) is 0 Å². The van der Waals surface area contributed by atoms with E-state index >= 15 is 0 Å². The van der Waals surface area contributed by atoms with E-state index in [0.29, 0.717) is 24.0 Å². The SMILES string of the molecule is COc1cc2c(cc1OC)N(CC(C)C)CC(=O)N2. The Bertz CT molecular complexity index is 486. The topological polar surface area (TPSA) is 50.8 Å². The van der Waals surface area contributed by atoms with E-state index < -0.39 is 0 Å². The number of fused-ring (bicyclic) bond motifs is 1. The molecule has 104 valence electrons. The van der Waals surface area contributed by atoms with Gasteiger partial charge < -0.3 is 19.7 Å². The van der Waals surface area contributed by atoms with Crippen LogP contribution in [0.3, 0.4) is 0 Å². The van der Waals surface area contributed by atoms with Crippen LogP contribution in [0.4, 0.5) is 11.4 Å². The maximum Gasteiger partial charge on any atom is 0.243 e. The van der Waals surface area contributed by atoms with Crippen LogP contribution in [-0.4, -0.2) is 33.2 Å². The molecule has 1 aromatic rings. The van der Waals surface area contributed by atoms with E-state index in [1.54, 1.807) is 20.3 Å². The first-order chi connectivity index (χ1) is 9.05. The molecule has 1 N–H and O–H groups in total. The summed E-state index contributed by atoms with van der Waals surface area (Å²) in [5.41, 5.74) is 1.75. The lowest BCUT2D eigenvalue weighted by molar-refractivity contribution is -0.115. The molecular weight excluding hydrogens is 244 g/mol. The molecule has 1 amide bonds. The molecule has 5 nitrogen and oxygen atoms in total. The van der Waals surface area contributed by atoms with Crippen molar-refractivity contribution in [3.05, 3.63) is 12.1 Å². The van der Waals surface area contributed by atoms with Crippen LogP contribution in [0.25, 0.3) is 0 Å². The van der Waals surface area contributed by atoms with Gasteiger partial charge in [0.05, 0.1) is 32.1 Å². The zero-order valence-corrected chi connectivity index (χ0v) is 11.8. The molecule has 1 heterocycles. The molecule has 0 aromatic heterocycles. The fourth-order valence-corrected chi connectivity index (χ4v) is 2.28. The highest BCUT2D eigenvalue weighted by molar-refractivity contribution is 6.01. The van der Waals surface area contributed by atoms with E-state index in [1.165, 1.54) is 0 Å². The lowest BCUT2D eigenvalue weighted by Gasteiger charge is -2.32. The predicted molar refractivity (Wildman–Crippen MR) is 75.2 cm³/mol. The number of methoxy groups -OCH3 is 2. The number of ether oxygens (including phenoxy) is 2. The first-order valence-corrected chi connectivity index (χ1v) is 6.36. The van der Waals surface area contributed by atoms with E-state index in [4.69, 9.17) is 9.47 Å². The monoisotopic (exact) mass is 264 g/mol. The fraction of sp³-hybridized carbons (Fsp3) is 0.500. The number of amides is 1. The third kappa shape index (κ3) is 2.75. The van der Waals surface area contributed by atoms with Gasteiger partial charge in [-0.1, -0.05) is 13.8 Å². The molecule has 0 atom stereocenters. The summed E-state index contributed by atoms with van der Waals surface area (Å²) in [6.07, 6.45) is 0. The van der Waals surface area contributed by atoms with Crippen molar-refractivity contribution in [2.24, 2.45) is 5.92 Å². The number of hydrogen-bond donors (Lipinski definition) is 1. The average molecular weight is 264 g/mol. The van der Waals surface area contributed by atoms with Gasteiger partial charge >= 0.3 is 0 Å². The van der Waals surface area contributed by atoms with Crippen LogP contribution < -0.4 is 19.7 Å². The van der Waals surface area contributed by atoms with Crippen LogP contribution in [0.5, 0.6) is 11.5 Å². The number of rotatable bonds is 4. The van der Waals surface area contributed by atoms with Crippen molar-refractivity contribution in [1.82, 2.24) is 0 Å². The molecule has 0 radical (unpaired) electrons. The zero-order chi connectivity index (χ0) is 14.0. The maximum atomic E-state index is 11.7. The number of carbonyl (C=O) groups is 1. The Hall–Kier alpha value is -1.91. The number of hydrogen-bond acceptors (Lipinski definition) is 4. The Kier molecular flexibility index (Phi) is 3.83. The van der Waals surface area contributed by atoms with Crippen LogP contribution in [0.15, 0.2) is 12.1 Å². The summed E-state index contributed by atoms with van der Waals surface area (Å²) < 4.78 is 10.6. The van der Waals surface area contributed by atoms with Gasteiger partial charge in [-0.15, -0.1) is 0 Å². The molecule has 0 unspecified atom stereocenters. The van der Waals surface area contributed by atoms with Crippen LogP contribution in [0, 0.1) is 5.92 Å². The highest BCUT2D eigenvalue weighted by Crippen LogP contribution is 2.40.